The van der Waals surface area contributed by atoms with Crippen LogP contribution in [-0.2, 0) is 14.3 Å². The van der Waals surface area contributed by atoms with Crippen LogP contribution >= 0.6 is 0 Å². The highest BCUT2D eigenvalue weighted by Crippen LogP contribution is 2.48. The first-order valence-corrected chi connectivity index (χ1v) is 13.9. The summed E-state index contributed by atoms with van der Waals surface area (Å²) in [5.41, 5.74) is -0.0793. The predicted molar refractivity (Wildman–Crippen MR) is 139 cm³/mol. The molecule has 36 heavy (non-hydrogen) atoms. The van der Waals surface area contributed by atoms with Gasteiger partial charge in [0.25, 0.3) is 0 Å². The number of nitrogens with zero attached hydrogens (tertiary/aromatic N) is 1. The van der Waals surface area contributed by atoms with Crippen molar-refractivity contribution in [3.05, 3.63) is 0 Å². The summed E-state index contributed by atoms with van der Waals surface area (Å²) in [7, 11) is 4.07. The molecule has 0 aromatic carbocycles. The van der Waals surface area contributed by atoms with E-state index in [1.165, 1.54) is 0 Å². The summed E-state index contributed by atoms with van der Waals surface area (Å²) in [4.78, 5) is 15.0. The van der Waals surface area contributed by atoms with E-state index in [0.29, 0.717) is 25.3 Å². The zero-order valence-electron chi connectivity index (χ0n) is 23.8. The topological polar surface area (TPSA) is 120 Å². The normalized spacial score (nSPS) is 43.6. The average Bonchev–Trinajstić information content (AvgIpc) is 2.78. The van der Waals surface area contributed by atoms with Crippen LogP contribution in [0.15, 0.2) is 0 Å². The molecule has 8 heteroatoms. The van der Waals surface area contributed by atoms with E-state index in [2.05, 4.69) is 11.8 Å². The lowest BCUT2D eigenvalue weighted by atomic mass is 9.62. The first-order valence-electron chi connectivity index (χ1n) is 13.9. The van der Waals surface area contributed by atoms with E-state index in [0.717, 1.165) is 25.7 Å². The third kappa shape index (κ3) is 8.37. The number of carbonyl (C=O) groups is 1. The summed E-state index contributed by atoms with van der Waals surface area (Å²) in [6.45, 7) is 11.9. The van der Waals surface area contributed by atoms with Gasteiger partial charge in [-0.2, -0.15) is 0 Å². The minimum absolute atomic E-state index is 0.0252. The smallest absolute Gasteiger partial charge is 0.311 e. The van der Waals surface area contributed by atoms with Crippen LogP contribution in [0.5, 0.6) is 0 Å². The monoisotopic (exact) mass is 515 g/mol. The summed E-state index contributed by atoms with van der Waals surface area (Å²) >= 11 is 0. The Morgan fingerprint density at radius 2 is 1.64 bits per heavy atom. The highest BCUT2D eigenvalue weighted by atomic mass is 16.6. The van der Waals surface area contributed by atoms with Crippen LogP contribution in [-0.4, -0.2) is 88.2 Å². The van der Waals surface area contributed by atoms with Crippen LogP contribution in [0.25, 0.3) is 0 Å². The number of esters is 1. The molecule has 8 unspecified atom stereocenters. The standard InChI is InChI=1S/C20H36O5.C8H17NO2/c1-6-15(21)13(4)17-7-16(22)11(2)8-20(5)9-12(3)18(23)14(10-20)19(24)25-17;1-6-4-7(9(2)3)5-8(10)11-6/h11-18,21-23H,6-10H2,1-5H3;6-8,10H,4-5H2,1-3H3/t11?,12?,13?,14-,15-,16?,17?,18+,20+;/m1./s1. The number of fused-ring (bicyclic) bond motifs is 2. The number of cyclic esters (lactones) is 1. The van der Waals surface area contributed by atoms with Crippen molar-refractivity contribution in [2.45, 2.75) is 129 Å². The second-order valence-corrected chi connectivity index (χ2v) is 12.6. The Labute approximate surface area is 218 Å². The number of ether oxygens (including phenoxy) is 2. The van der Waals surface area contributed by atoms with Crippen molar-refractivity contribution in [3.63, 3.8) is 0 Å². The molecular weight excluding hydrogens is 462 g/mol. The maximum atomic E-state index is 12.8. The van der Waals surface area contributed by atoms with Crippen LogP contribution in [0.4, 0.5) is 0 Å². The third-order valence-electron chi connectivity index (χ3n) is 8.85. The number of aliphatic hydroxyl groups is 4. The summed E-state index contributed by atoms with van der Waals surface area (Å²) in [6.07, 6.45) is 2.17. The molecule has 2 aliphatic heterocycles. The molecule has 3 aliphatic rings. The highest BCUT2D eigenvalue weighted by molar-refractivity contribution is 5.73. The summed E-state index contributed by atoms with van der Waals surface area (Å²) in [5.74, 6) is -1.05. The van der Waals surface area contributed by atoms with Gasteiger partial charge in [0.2, 0.25) is 0 Å². The van der Waals surface area contributed by atoms with Gasteiger partial charge in [0.15, 0.2) is 6.29 Å². The van der Waals surface area contributed by atoms with Crippen LogP contribution < -0.4 is 0 Å². The Bertz CT molecular complexity index is 681. The van der Waals surface area contributed by atoms with Crippen LogP contribution in [0.2, 0.25) is 0 Å². The van der Waals surface area contributed by atoms with Gasteiger partial charge in [0, 0.05) is 24.8 Å². The molecule has 1 aliphatic carbocycles. The molecule has 3 rings (SSSR count). The SMILES string of the molecule is CC1CC(N(C)C)CC(O)O1.CC[C@@H](O)C(C)C1CC(O)C(C)C[C@@]2(C)CC(C)[C@H](O)[C@@H](C2)C(=O)O1. The van der Waals surface area contributed by atoms with Gasteiger partial charge in [0.05, 0.1) is 30.3 Å². The van der Waals surface area contributed by atoms with E-state index in [4.69, 9.17) is 9.47 Å². The van der Waals surface area contributed by atoms with Gasteiger partial charge in [-0.25, -0.2) is 0 Å². The fourth-order valence-electron chi connectivity index (χ4n) is 6.54. The second kappa shape index (κ2) is 13.3. The molecule has 0 radical (unpaired) electrons. The molecule has 0 spiro atoms. The molecule has 2 heterocycles. The van der Waals surface area contributed by atoms with Gasteiger partial charge in [-0.05, 0) is 70.4 Å². The molecule has 2 saturated heterocycles. The summed E-state index contributed by atoms with van der Waals surface area (Å²) < 4.78 is 11.0. The second-order valence-electron chi connectivity index (χ2n) is 12.6. The quantitative estimate of drug-likeness (QED) is 0.422. The lowest BCUT2D eigenvalue weighted by molar-refractivity contribution is -0.175. The highest BCUT2D eigenvalue weighted by Gasteiger charge is 2.47. The van der Waals surface area contributed by atoms with Crippen molar-refractivity contribution in [2.24, 2.45) is 29.1 Å². The lowest BCUT2D eigenvalue weighted by Gasteiger charge is -2.46. The van der Waals surface area contributed by atoms with Crippen LogP contribution in [0, 0.1) is 29.1 Å². The maximum Gasteiger partial charge on any atom is 0.311 e. The molecule has 4 N–H and O–H groups in total. The zero-order valence-corrected chi connectivity index (χ0v) is 23.8. The fourth-order valence-corrected chi connectivity index (χ4v) is 6.54. The number of aliphatic hydroxyl groups excluding tert-OH is 4. The molecule has 2 bridgehead atoms. The first-order chi connectivity index (χ1) is 16.7. The molecular formula is C28H53NO7. The van der Waals surface area contributed by atoms with E-state index in [-0.39, 0.29) is 35.2 Å². The maximum absolute atomic E-state index is 12.8. The summed E-state index contributed by atoms with van der Waals surface area (Å²) in [5, 5.41) is 40.7. The molecule has 3 fully saturated rings. The van der Waals surface area contributed by atoms with Crippen molar-refractivity contribution in [1.29, 1.82) is 0 Å². The third-order valence-corrected chi connectivity index (χ3v) is 8.85. The van der Waals surface area contributed by atoms with Gasteiger partial charge >= 0.3 is 5.97 Å². The minimum atomic E-state index is -0.688. The van der Waals surface area contributed by atoms with E-state index < -0.39 is 36.6 Å². The van der Waals surface area contributed by atoms with Crippen molar-refractivity contribution in [3.8, 4) is 0 Å². The number of carbonyl (C=O) groups excluding carboxylic acids is 1. The van der Waals surface area contributed by atoms with Gasteiger partial charge in [0.1, 0.15) is 6.10 Å². The predicted octanol–water partition coefficient (Wildman–Crippen LogP) is 2.94. The van der Waals surface area contributed by atoms with Gasteiger partial charge in [-0.15, -0.1) is 0 Å². The lowest BCUT2D eigenvalue weighted by Crippen LogP contribution is -2.49. The number of rotatable bonds is 4. The summed E-state index contributed by atoms with van der Waals surface area (Å²) in [6, 6.07) is 0.466. The molecule has 0 amide bonds. The van der Waals surface area contributed by atoms with Crippen molar-refractivity contribution in [2.75, 3.05) is 14.1 Å². The molecule has 1 saturated carbocycles. The van der Waals surface area contributed by atoms with Crippen LogP contribution in [0.1, 0.15) is 86.5 Å². The first kappa shape index (κ1) is 31.4. The van der Waals surface area contributed by atoms with E-state index in [1.807, 2.05) is 48.7 Å². The Balaban J connectivity index is 0.000000346. The Kier molecular flexibility index (Phi) is 11.7. The number of hydrogen-bond acceptors (Lipinski definition) is 8. The molecule has 0 aromatic rings. The molecule has 0 aromatic heterocycles. The van der Waals surface area contributed by atoms with Crippen molar-refractivity contribution >= 4 is 5.97 Å². The molecule has 12 atom stereocenters. The Morgan fingerprint density at radius 1 is 1.03 bits per heavy atom. The van der Waals surface area contributed by atoms with Gasteiger partial charge in [-0.3, -0.25) is 4.79 Å². The largest absolute Gasteiger partial charge is 0.462 e. The zero-order chi connectivity index (χ0) is 27.4. The van der Waals surface area contributed by atoms with E-state index in [1.54, 1.807) is 0 Å². The minimum Gasteiger partial charge on any atom is -0.462 e. The van der Waals surface area contributed by atoms with Crippen molar-refractivity contribution in [1.82, 2.24) is 4.90 Å². The number of hydrogen-bond donors (Lipinski definition) is 4. The van der Waals surface area contributed by atoms with Crippen molar-refractivity contribution < 1.29 is 34.7 Å². The fraction of sp³-hybridized carbons (Fsp3) is 0.964. The van der Waals surface area contributed by atoms with E-state index in [9.17, 15) is 25.2 Å². The van der Waals surface area contributed by atoms with E-state index >= 15 is 0 Å². The van der Waals surface area contributed by atoms with Gasteiger partial charge < -0.3 is 34.8 Å². The molecule has 212 valence electrons. The van der Waals surface area contributed by atoms with Crippen LogP contribution in [0.3, 0.4) is 0 Å². The Hall–Kier alpha value is -0.770. The Morgan fingerprint density at radius 3 is 2.19 bits per heavy atom. The van der Waals surface area contributed by atoms with Gasteiger partial charge in [-0.1, -0.05) is 34.6 Å². The molecule has 8 nitrogen and oxygen atoms in total. The average molecular weight is 516 g/mol.